The van der Waals surface area contributed by atoms with Gasteiger partial charge in [0.25, 0.3) is 0 Å². The molecule has 0 aliphatic rings. The topological polar surface area (TPSA) is 49.4 Å². The third kappa shape index (κ3) is 7.19. The fourth-order valence-corrected chi connectivity index (χ4v) is 3.98. The third-order valence-electron chi connectivity index (χ3n) is 6.05. The molecule has 0 fully saturated rings. The smallest absolute Gasteiger partial charge is 0.243 e. The molecule has 178 valence electrons. The van der Waals surface area contributed by atoms with E-state index in [-0.39, 0.29) is 30.8 Å². The average Bonchev–Trinajstić information content (AvgIpc) is 2.84. The first kappa shape index (κ1) is 25.5. The van der Waals surface area contributed by atoms with Gasteiger partial charge in [0.1, 0.15) is 6.04 Å². The predicted molar refractivity (Wildman–Crippen MR) is 139 cm³/mol. The average molecular weight is 477 g/mol. The van der Waals surface area contributed by atoms with Gasteiger partial charge in [0.2, 0.25) is 11.8 Å². The maximum absolute atomic E-state index is 13.7. The molecule has 1 N–H and O–H groups in total. The number of hydrogen-bond donors (Lipinski definition) is 1. The Morgan fingerprint density at radius 1 is 0.912 bits per heavy atom. The molecule has 0 aromatic heterocycles. The molecule has 0 spiro atoms. The zero-order valence-electron chi connectivity index (χ0n) is 20.1. The van der Waals surface area contributed by atoms with Gasteiger partial charge in [-0.1, -0.05) is 96.9 Å². The van der Waals surface area contributed by atoms with Gasteiger partial charge < -0.3 is 10.2 Å². The second kappa shape index (κ2) is 12.4. The minimum absolute atomic E-state index is 0.0140. The second-order valence-corrected chi connectivity index (χ2v) is 9.21. The Morgan fingerprint density at radius 3 is 2.21 bits per heavy atom. The number of carbonyl (C=O) groups excluding carboxylic acids is 2. The molecule has 0 radical (unpaired) electrons. The van der Waals surface area contributed by atoms with Gasteiger partial charge in [0.15, 0.2) is 0 Å². The lowest BCUT2D eigenvalue weighted by Gasteiger charge is -2.32. The summed E-state index contributed by atoms with van der Waals surface area (Å²) in [6, 6.07) is 24.6. The highest BCUT2D eigenvalue weighted by atomic mass is 35.5. The zero-order chi connectivity index (χ0) is 24.5. The molecule has 2 amide bonds. The van der Waals surface area contributed by atoms with Crippen molar-refractivity contribution in [3.63, 3.8) is 0 Å². The lowest BCUT2D eigenvalue weighted by atomic mass is 10.0. The molecule has 3 aromatic rings. The van der Waals surface area contributed by atoms with E-state index in [4.69, 9.17) is 11.6 Å². The molecular weight excluding hydrogens is 444 g/mol. The van der Waals surface area contributed by atoms with Crippen molar-refractivity contribution in [2.75, 3.05) is 0 Å². The number of amides is 2. The summed E-state index contributed by atoms with van der Waals surface area (Å²) in [5, 5.41) is 3.67. The van der Waals surface area contributed by atoms with Crippen molar-refractivity contribution < 1.29 is 9.59 Å². The third-order valence-corrected chi connectivity index (χ3v) is 6.42. The highest BCUT2D eigenvalue weighted by Gasteiger charge is 2.31. The number of hydrogen-bond acceptors (Lipinski definition) is 2. The molecule has 0 heterocycles. The van der Waals surface area contributed by atoms with E-state index in [9.17, 15) is 9.59 Å². The van der Waals surface area contributed by atoms with Crippen molar-refractivity contribution in [3.05, 3.63) is 106 Å². The van der Waals surface area contributed by atoms with Gasteiger partial charge in [0, 0.05) is 24.0 Å². The summed E-state index contributed by atoms with van der Waals surface area (Å²) < 4.78 is 0. The molecule has 4 nitrogen and oxygen atoms in total. The Hall–Kier alpha value is -3.11. The highest BCUT2D eigenvalue weighted by molar-refractivity contribution is 6.31. The van der Waals surface area contributed by atoms with Crippen LogP contribution in [0.2, 0.25) is 5.02 Å². The van der Waals surface area contributed by atoms with Crippen LogP contribution in [0.5, 0.6) is 0 Å². The maximum atomic E-state index is 13.7. The molecule has 5 heteroatoms. The number of halogens is 1. The van der Waals surface area contributed by atoms with Gasteiger partial charge in [0.05, 0.1) is 6.42 Å². The monoisotopic (exact) mass is 476 g/mol. The summed E-state index contributed by atoms with van der Waals surface area (Å²) in [5.41, 5.74) is 3.87. The fraction of sp³-hybridized carbons (Fsp3) is 0.310. The quantitative estimate of drug-likeness (QED) is 0.405. The Morgan fingerprint density at radius 2 is 1.56 bits per heavy atom. The number of carbonyl (C=O) groups is 2. The van der Waals surface area contributed by atoms with E-state index >= 15 is 0 Å². The van der Waals surface area contributed by atoms with Gasteiger partial charge in [-0.3, -0.25) is 9.59 Å². The van der Waals surface area contributed by atoms with Gasteiger partial charge in [-0.2, -0.15) is 0 Å². The molecule has 0 saturated heterocycles. The van der Waals surface area contributed by atoms with Gasteiger partial charge in [-0.25, -0.2) is 0 Å². The summed E-state index contributed by atoms with van der Waals surface area (Å²) in [6.45, 7) is 6.28. The van der Waals surface area contributed by atoms with E-state index in [0.29, 0.717) is 11.4 Å². The summed E-state index contributed by atoms with van der Waals surface area (Å²) >= 11 is 6.46. The molecule has 34 heavy (non-hydrogen) atoms. The lowest BCUT2D eigenvalue weighted by Crippen LogP contribution is -2.52. The Labute approximate surface area is 207 Å². The summed E-state index contributed by atoms with van der Waals surface area (Å²) in [5.74, 6) is -0.258. The zero-order valence-corrected chi connectivity index (χ0v) is 20.9. The molecule has 0 aliphatic heterocycles. The second-order valence-electron chi connectivity index (χ2n) is 8.80. The van der Waals surface area contributed by atoms with Crippen molar-refractivity contribution in [1.82, 2.24) is 10.2 Å². The van der Waals surface area contributed by atoms with Gasteiger partial charge >= 0.3 is 0 Å². The lowest BCUT2D eigenvalue weighted by molar-refractivity contribution is -0.141. The Kier molecular flexibility index (Phi) is 9.29. The van der Waals surface area contributed by atoms with Crippen molar-refractivity contribution in [2.45, 2.75) is 58.7 Å². The standard InChI is InChI=1S/C29H33ClN2O2/c1-4-22(3)31-29(34)27(18-23-10-6-5-7-11-23)32(20-25-12-8-9-13-26(25)30)28(33)19-24-16-14-21(2)15-17-24/h5-17,22,27H,4,18-20H2,1-3H3,(H,31,34)/t22-,27-/m0/s1. The first-order chi connectivity index (χ1) is 16.4. The largest absolute Gasteiger partial charge is 0.352 e. The minimum atomic E-state index is -0.661. The number of nitrogens with zero attached hydrogens (tertiary/aromatic N) is 1. The molecule has 3 rings (SSSR count). The van der Waals surface area contributed by atoms with E-state index in [1.54, 1.807) is 4.90 Å². The van der Waals surface area contributed by atoms with Crippen molar-refractivity contribution in [1.29, 1.82) is 0 Å². The van der Waals surface area contributed by atoms with E-state index < -0.39 is 6.04 Å². The van der Waals surface area contributed by atoms with Gasteiger partial charge in [-0.05, 0) is 43.0 Å². The molecule has 0 unspecified atom stereocenters. The van der Waals surface area contributed by atoms with E-state index in [0.717, 1.165) is 28.7 Å². The highest BCUT2D eigenvalue weighted by Crippen LogP contribution is 2.21. The van der Waals surface area contributed by atoms with Crippen LogP contribution in [-0.2, 0) is 29.0 Å². The number of nitrogens with one attached hydrogen (secondary N) is 1. The van der Waals surface area contributed by atoms with Crippen LogP contribution in [0.15, 0.2) is 78.9 Å². The fourth-order valence-electron chi connectivity index (χ4n) is 3.79. The molecule has 0 aliphatic carbocycles. The predicted octanol–water partition coefficient (Wildman–Crippen LogP) is 5.75. The SMILES string of the molecule is CC[C@H](C)NC(=O)[C@H](Cc1ccccc1)N(Cc1ccccc1Cl)C(=O)Cc1ccc(C)cc1. The van der Waals surface area contributed by atoms with Crippen LogP contribution in [0.3, 0.4) is 0 Å². The van der Waals surface area contributed by atoms with Crippen molar-refractivity contribution >= 4 is 23.4 Å². The van der Waals surface area contributed by atoms with Crippen LogP contribution >= 0.6 is 11.6 Å². The van der Waals surface area contributed by atoms with Crippen molar-refractivity contribution in [2.24, 2.45) is 0 Å². The van der Waals surface area contributed by atoms with E-state index in [1.807, 2.05) is 99.6 Å². The Bertz CT molecular complexity index is 1080. The molecule has 0 bridgehead atoms. The molecule has 2 atom stereocenters. The summed E-state index contributed by atoms with van der Waals surface area (Å²) in [4.78, 5) is 28.9. The van der Waals surface area contributed by atoms with E-state index in [1.165, 1.54) is 0 Å². The van der Waals surface area contributed by atoms with Gasteiger partial charge in [-0.15, -0.1) is 0 Å². The molecule has 3 aromatic carbocycles. The minimum Gasteiger partial charge on any atom is -0.352 e. The molecular formula is C29H33ClN2O2. The number of aryl methyl sites for hydroxylation is 1. The summed E-state index contributed by atoms with van der Waals surface area (Å²) in [7, 11) is 0. The Balaban J connectivity index is 1.97. The number of benzene rings is 3. The van der Waals surface area contributed by atoms with Crippen molar-refractivity contribution in [3.8, 4) is 0 Å². The van der Waals surface area contributed by atoms with E-state index in [2.05, 4.69) is 5.32 Å². The van der Waals surface area contributed by atoms with Crippen LogP contribution < -0.4 is 5.32 Å². The van der Waals surface area contributed by atoms with Crippen LogP contribution in [0, 0.1) is 6.92 Å². The summed E-state index contributed by atoms with van der Waals surface area (Å²) in [6.07, 6.45) is 1.45. The van der Waals surface area contributed by atoms with Crippen LogP contribution in [-0.4, -0.2) is 28.8 Å². The normalized spacial score (nSPS) is 12.6. The first-order valence-corrected chi connectivity index (χ1v) is 12.2. The first-order valence-electron chi connectivity index (χ1n) is 11.8. The number of rotatable bonds is 10. The maximum Gasteiger partial charge on any atom is 0.243 e. The van der Waals surface area contributed by atoms with Crippen LogP contribution in [0.25, 0.3) is 0 Å². The van der Waals surface area contributed by atoms with Crippen LogP contribution in [0.1, 0.15) is 42.5 Å². The molecule has 0 saturated carbocycles. The van der Waals surface area contributed by atoms with Crippen LogP contribution in [0.4, 0.5) is 0 Å².